The number of thioether (sulfide) groups is 1. The van der Waals surface area contributed by atoms with Gasteiger partial charge in [-0.15, -0.1) is 0 Å². The number of furan rings is 1. The third-order valence-electron chi connectivity index (χ3n) is 3.55. The van der Waals surface area contributed by atoms with Crippen LogP contribution >= 0.6 is 23.4 Å². The van der Waals surface area contributed by atoms with E-state index in [2.05, 4.69) is 5.32 Å². The van der Waals surface area contributed by atoms with Gasteiger partial charge in [-0.3, -0.25) is 10.1 Å². The molecule has 124 valence electrons. The number of hydrogen-bond acceptors (Lipinski definition) is 4. The predicted octanol–water partition coefficient (Wildman–Crippen LogP) is 4.20. The van der Waals surface area contributed by atoms with Crippen molar-refractivity contribution in [3.05, 3.63) is 46.7 Å². The van der Waals surface area contributed by atoms with Crippen LogP contribution in [0.2, 0.25) is 5.02 Å². The summed E-state index contributed by atoms with van der Waals surface area (Å²) in [7, 11) is 0. The molecule has 0 bridgehead atoms. The summed E-state index contributed by atoms with van der Waals surface area (Å²) in [5.41, 5.74) is 1.92. The highest BCUT2D eigenvalue weighted by atomic mass is 35.5. The van der Waals surface area contributed by atoms with Gasteiger partial charge in [0.15, 0.2) is 0 Å². The van der Waals surface area contributed by atoms with Gasteiger partial charge in [-0.25, -0.2) is 0 Å². The predicted molar refractivity (Wildman–Crippen MR) is 95.2 cm³/mol. The molecule has 0 aliphatic heterocycles. The van der Waals surface area contributed by atoms with E-state index in [-0.39, 0.29) is 0 Å². The van der Waals surface area contributed by atoms with Gasteiger partial charge in [0.2, 0.25) is 0 Å². The van der Waals surface area contributed by atoms with Crippen molar-refractivity contribution in [3.63, 3.8) is 0 Å². The second kappa shape index (κ2) is 8.43. The topological polar surface area (TPSA) is 62.5 Å². The van der Waals surface area contributed by atoms with Crippen LogP contribution in [-0.4, -0.2) is 29.1 Å². The van der Waals surface area contributed by atoms with Crippen molar-refractivity contribution in [2.75, 3.05) is 12.0 Å². The fraction of sp³-hybridized carbons (Fsp3) is 0.353. The molecule has 1 aromatic heterocycles. The molecule has 23 heavy (non-hydrogen) atoms. The summed E-state index contributed by atoms with van der Waals surface area (Å²) in [6.07, 6.45) is 2.54. The smallest absolute Gasteiger partial charge is 0.320 e. The summed E-state index contributed by atoms with van der Waals surface area (Å²) in [5.74, 6) is 1.39. The highest BCUT2D eigenvalue weighted by molar-refractivity contribution is 7.98. The Hall–Kier alpha value is -1.43. The molecule has 1 atom stereocenters. The van der Waals surface area contributed by atoms with Crippen molar-refractivity contribution >= 4 is 29.3 Å². The molecule has 0 aliphatic carbocycles. The van der Waals surface area contributed by atoms with Crippen LogP contribution in [0.5, 0.6) is 0 Å². The first-order valence-corrected chi connectivity index (χ1v) is 9.09. The Morgan fingerprint density at radius 1 is 1.39 bits per heavy atom. The molecule has 4 nitrogen and oxygen atoms in total. The monoisotopic (exact) mass is 353 g/mol. The quantitative estimate of drug-likeness (QED) is 0.744. The molecule has 2 aromatic rings. The van der Waals surface area contributed by atoms with E-state index >= 15 is 0 Å². The van der Waals surface area contributed by atoms with Crippen molar-refractivity contribution < 1.29 is 14.3 Å². The number of carboxylic acids is 1. The van der Waals surface area contributed by atoms with Crippen molar-refractivity contribution in [2.45, 2.75) is 25.9 Å². The molecule has 2 N–H and O–H groups in total. The molecule has 0 fully saturated rings. The SMILES string of the molecule is CSCCC(NCc1ccc(-c2ccc(C)c(Cl)c2)o1)C(=O)O. The van der Waals surface area contributed by atoms with Gasteiger partial charge in [0.05, 0.1) is 6.54 Å². The maximum Gasteiger partial charge on any atom is 0.320 e. The van der Waals surface area contributed by atoms with Crippen molar-refractivity contribution in [1.82, 2.24) is 5.32 Å². The lowest BCUT2D eigenvalue weighted by Gasteiger charge is -2.12. The third-order valence-corrected chi connectivity index (χ3v) is 4.60. The van der Waals surface area contributed by atoms with E-state index < -0.39 is 12.0 Å². The summed E-state index contributed by atoms with van der Waals surface area (Å²) < 4.78 is 5.78. The normalized spacial score (nSPS) is 12.3. The summed E-state index contributed by atoms with van der Waals surface area (Å²) in [6, 6.07) is 8.92. The minimum atomic E-state index is -0.837. The molecule has 0 spiro atoms. The van der Waals surface area contributed by atoms with E-state index in [9.17, 15) is 9.90 Å². The number of carboxylic acid groups (broad SMARTS) is 1. The van der Waals surface area contributed by atoms with E-state index in [0.29, 0.717) is 23.7 Å². The number of halogens is 1. The molecule has 0 saturated heterocycles. The number of aryl methyl sites for hydroxylation is 1. The van der Waals surface area contributed by atoms with Gasteiger partial charge in [-0.05, 0) is 49.1 Å². The minimum Gasteiger partial charge on any atom is -0.480 e. The summed E-state index contributed by atoms with van der Waals surface area (Å²) in [5, 5.41) is 12.9. The van der Waals surface area contributed by atoms with Gasteiger partial charge in [-0.1, -0.05) is 23.7 Å². The summed E-state index contributed by atoms with van der Waals surface area (Å²) >= 11 is 7.77. The largest absolute Gasteiger partial charge is 0.480 e. The maximum atomic E-state index is 11.2. The maximum absolute atomic E-state index is 11.2. The van der Waals surface area contributed by atoms with Gasteiger partial charge < -0.3 is 9.52 Å². The van der Waals surface area contributed by atoms with Gasteiger partial charge in [0.1, 0.15) is 17.6 Å². The van der Waals surface area contributed by atoms with Crippen LogP contribution in [0.4, 0.5) is 0 Å². The molecular formula is C17H20ClNO3S. The highest BCUT2D eigenvalue weighted by Gasteiger charge is 2.17. The number of aliphatic carboxylic acids is 1. The van der Waals surface area contributed by atoms with Crippen molar-refractivity contribution in [3.8, 4) is 11.3 Å². The molecule has 1 unspecified atom stereocenters. The van der Waals surface area contributed by atoms with E-state index in [1.807, 2.05) is 43.5 Å². The van der Waals surface area contributed by atoms with Gasteiger partial charge in [0, 0.05) is 10.6 Å². The van der Waals surface area contributed by atoms with E-state index in [4.69, 9.17) is 16.0 Å². The summed E-state index contributed by atoms with van der Waals surface area (Å²) in [4.78, 5) is 11.2. The number of nitrogens with one attached hydrogen (secondary N) is 1. The molecule has 1 heterocycles. The Balaban J connectivity index is 2.01. The van der Waals surface area contributed by atoms with Gasteiger partial charge in [-0.2, -0.15) is 11.8 Å². The average Bonchev–Trinajstić information content (AvgIpc) is 2.98. The Labute approximate surface area is 145 Å². The Morgan fingerprint density at radius 2 is 2.17 bits per heavy atom. The van der Waals surface area contributed by atoms with Crippen LogP contribution in [-0.2, 0) is 11.3 Å². The summed E-state index contributed by atoms with van der Waals surface area (Å²) in [6.45, 7) is 2.33. The van der Waals surface area contributed by atoms with Gasteiger partial charge in [0.25, 0.3) is 0 Å². The molecule has 0 radical (unpaired) electrons. The average molecular weight is 354 g/mol. The molecule has 0 saturated carbocycles. The molecule has 6 heteroatoms. The number of hydrogen-bond donors (Lipinski definition) is 2. The lowest BCUT2D eigenvalue weighted by Crippen LogP contribution is -2.36. The zero-order valence-electron chi connectivity index (χ0n) is 13.1. The first-order chi connectivity index (χ1) is 11.0. The van der Waals surface area contributed by atoms with Crippen LogP contribution in [0.1, 0.15) is 17.7 Å². The lowest BCUT2D eigenvalue weighted by atomic mass is 10.1. The number of benzene rings is 1. The third kappa shape index (κ3) is 5.03. The fourth-order valence-electron chi connectivity index (χ4n) is 2.15. The van der Waals surface area contributed by atoms with E-state index in [1.165, 1.54) is 0 Å². The van der Waals surface area contributed by atoms with E-state index in [1.54, 1.807) is 11.8 Å². The first kappa shape index (κ1) is 17.9. The van der Waals surface area contributed by atoms with Crippen LogP contribution in [0.3, 0.4) is 0 Å². The molecule has 1 aromatic carbocycles. The molecule has 0 amide bonds. The standard InChI is InChI=1S/C17H20ClNO3S/c1-11-3-4-12(9-14(11)18)16-6-5-13(22-16)10-19-15(17(20)21)7-8-23-2/h3-6,9,15,19H,7-8,10H2,1-2H3,(H,20,21). The first-order valence-electron chi connectivity index (χ1n) is 7.31. The molecule has 2 rings (SSSR count). The van der Waals surface area contributed by atoms with E-state index in [0.717, 1.165) is 22.6 Å². The zero-order valence-corrected chi connectivity index (χ0v) is 14.7. The lowest BCUT2D eigenvalue weighted by molar-refractivity contribution is -0.139. The van der Waals surface area contributed by atoms with Crippen LogP contribution < -0.4 is 5.32 Å². The van der Waals surface area contributed by atoms with Crippen LogP contribution in [0, 0.1) is 6.92 Å². The zero-order chi connectivity index (χ0) is 16.8. The second-order valence-corrected chi connectivity index (χ2v) is 6.68. The second-order valence-electron chi connectivity index (χ2n) is 5.28. The Kier molecular flexibility index (Phi) is 6.57. The molecular weight excluding hydrogens is 334 g/mol. The number of rotatable bonds is 8. The highest BCUT2D eigenvalue weighted by Crippen LogP contribution is 2.26. The van der Waals surface area contributed by atoms with Gasteiger partial charge >= 0.3 is 5.97 Å². The van der Waals surface area contributed by atoms with Crippen molar-refractivity contribution in [2.24, 2.45) is 0 Å². The van der Waals surface area contributed by atoms with Crippen molar-refractivity contribution in [1.29, 1.82) is 0 Å². The Morgan fingerprint density at radius 3 is 2.83 bits per heavy atom. The molecule has 0 aliphatic rings. The Bertz CT molecular complexity index is 672. The number of carbonyl (C=O) groups is 1. The fourth-order valence-corrected chi connectivity index (χ4v) is 2.80. The van der Waals surface area contributed by atoms with Crippen LogP contribution in [0.25, 0.3) is 11.3 Å². The minimum absolute atomic E-state index is 0.380. The van der Waals surface area contributed by atoms with Crippen LogP contribution in [0.15, 0.2) is 34.7 Å².